The molecule has 2 heteroatoms. The van der Waals surface area contributed by atoms with Crippen molar-refractivity contribution in [3.05, 3.63) is 197 Å². The molecule has 0 aliphatic heterocycles. The highest BCUT2D eigenvalue weighted by atomic mass is 16.3. The fraction of sp³-hybridized carbons (Fsp3) is 0.104. The summed E-state index contributed by atoms with van der Waals surface area (Å²) in [6.07, 6.45) is 9.25. The molecule has 0 bridgehead atoms. The van der Waals surface area contributed by atoms with Crippen molar-refractivity contribution in [3.63, 3.8) is 0 Å². The molecule has 1 heterocycles. The molecule has 50 heavy (non-hydrogen) atoms. The van der Waals surface area contributed by atoms with Gasteiger partial charge in [0.25, 0.3) is 0 Å². The molecule has 0 N–H and O–H groups in total. The number of benzene rings is 6. The van der Waals surface area contributed by atoms with E-state index in [-0.39, 0.29) is 11.2 Å². The molecule has 6 aromatic carbocycles. The molecule has 1 spiro atoms. The predicted octanol–water partition coefficient (Wildman–Crippen LogP) is 12.0. The Morgan fingerprint density at radius 1 is 0.640 bits per heavy atom. The zero-order valence-corrected chi connectivity index (χ0v) is 28.1. The first-order chi connectivity index (χ1) is 24.4. The van der Waals surface area contributed by atoms with Crippen LogP contribution in [0, 0.1) is 0 Å². The molecule has 1 aromatic heterocycles. The minimum atomic E-state index is -0.593. The largest absolute Gasteiger partial charge is 0.455 e. The van der Waals surface area contributed by atoms with E-state index in [0.29, 0.717) is 5.56 Å². The molecule has 10 rings (SSSR count). The zero-order chi connectivity index (χ0) is 33.8. The number of carbonyl (C=O) groups excluding carboxylic acids is 1. The smallest absolute Gasteiger partial charge is 0.193 e. The van der Waals surface area contributed by atoms with Crippen LogP contribution in [-0.4, -0.2) is 5.78 Å². The Kier molecular flexibility index (Phi) is 5.95. The van der Waals surface area contributed by atoms with E-state index in [1.165, 1.54) is 22.3 Å². The summed E-state index contributed by atoms with van der Waals surface area (Å²) in [6.45, 7) is 8.86. The van der Waals surface area contributed by atoms with Crippen LogP contribution in [0.3, 0.4) is 0 Å². The average molecular weight is 643 g/mol. The highest BCUT2D eigenvalue weighted by molar-refractivity contribution is 6.17. The summed E-state index contributed by atoms with van der Waals surface area (Å²) < 4.78 is 6.68. The highest BCUT2D eigenvalue weighted by Crippen LogP contribution is 2.64. The van der Waals surface area contributed by atoms with Gasteiger partial charge in [0.05, 0.1) is 5.41 Å². The van der Waals surface area contributed by atoms with Crippen LogP contribution in [-0.2, 0) is 10.8 Å². The van der Waals surface area contributed by atoms with Crippen molar-refractivity contribution in [3.8, 4) is 22.3 Å². The molecule has 0 saturated heterocycles. The van der Waals surface area contributed by atoms with Crippen LogP contribution in [0.4, 0.5) is 0 Å². The monoisotopic (exact) mass is 642 g/mol. The summed E-state index contributed by atoms with van der Waals surface area (Å²) in [5.41, 5.74) is 14.8. The summed E-state index contributed by atoms with van der Waals surface area (Å²) >= 11 is 0. The number of hydrogen-bond acceptors (Lipinski definition) is 2. The Labute approximate surface area is 291 Å². The molecule has 7 aromatic rings. The lowest BCUT2D eigenvalue weighted by atomic mass is 9.70. The molecule has 238 valence electrons. The second-order valence-electron chi connectivity index (χ2n) is 14.5. The SMILES string of the molecule is C=C1/C=C\C=C/CC(C)(C)c2cc(C(=O)c3cccc4c3-c3ccccc3C43c4ccccc4-c4c3ccc3c4oc4ccccc43)ccc21. The van der Waals surface area contributed by atoms with Crippen LogP contribution in [0.25, 0.3) is 49.8 Å². The Bertz CT molecular complexity index is 2690. The minimum Gasteiger partial charge on any atom is -0.455 e. The van der Waals surface area contributed by atoms with Gasteiger partial charge in [0.1, 0.15) is 11.2 Å². The van der Waals surface area contributed by atoms with E-state index in [2.05, 4.69) is 136 Å². The van der Waals surface area contributed by atoms with Crippen LogP contribution in [0.15, 0.2) is 157 Å². The van der Waals surface area contributed by atoms with Gasteiger partial charge in [0.15, 0.2) is 5.78 Å². The van der Waals surface area contributed by atoms with Crippen molar-refractivity contribution in [2.75, 3.05) is 0 Å². The lowest BCUT2D eigenvalue weighted by molar-refractivity contribution is 0.103. The van der Waals surface area contributed by atoms with Gasteiger partial charge in [-0.05, 0) is 79.6 Å². The van der Waals surface area contributed by atoms with E-state index in [9.17, 15) is 4.79 Å². The molecule has 2 nitrogen and oxygen atoms in total. The van der Waals surface area contributed by atoms with Gasteiger partial charge >= 0.3 is 0 Å². The van der Waals surface area contributed by atoms with Crippen molar-refractivity contribution in [1.29, 1.82) is 0 Å². The first-order valence-electron chi connectivity index (χ1n) is 17.4. The fourth-order valence-electron chi connectivity index (χ4n) is 9.13. The van der Waals surface area contributed by atoms with Gasteiger partial charge in [-0.15, -0.1) is 0 Å². The summed E-state index contributed by atoms with van der Waals surface area (Å²) in [5, 5.41) is 2.24. The van der Waals surface area contributed by atoms with Crippen LogP contribution in [0.5, 0.6) is 0 Å². The Balaban J connectivity index is 1.23. The second-order valence-corrected chi connectivity index (χ2v) is 14.5. The lowest BCUT2D eigenvalue weighted by Gasteiger charge is -2.30. The Morgan fingerprint density at radius 3 is 2.16 bits per heavy atom. The van der Waals surface area contributed by atoms with E-state index in [4.69, 9.17) is 4.42 Å². The Hall–Kier alpha value is -5.99. The molecular weight excluding hydrogens is 609 g/mol. The number of ketones is 1. The lowest BCUT2D eigenvalue weighted by Crippen LogP contribution is -2.26. The van der Waals surface area contributed by atoms with E-state index < -0.39 is 5.41 Å². The summed E-state index contributed by atoms with van der Waals surface area (Å²) in [5.74, 6) is 0.0307. The number of carbonyl (C=O) groups is 1. The van der Waals surface area contributed by atoms with Crippen molar-refractivity contribution in [2.24, 2.45) is 0 Å². The molecule has 1 unspecified atom stereocenters. The summed E-state index contributed by atoms with van der Waals surface area (Å²) in [7, 11) is 0. The first-order valence-corrected chi connectivity index (χ1v) is 17.4. The van der Waals surface area contributed by atoms with Gasteiger partial charge in [0.2, 0.25) is 0 Å². The fourth-order valence-corrected chi connectivity index (χ4v) is 9.13. The normalized spacial score (nSPS) is 19.2. The van der Waals surface area contributed by atoms with E-state index >= 15 is 0 Å². The standard InChI is InChI=1S/C48H34O2/c1-29-14-5-4-12-27-47(2,3)41-28-30(23-24-31(29)41)45(49)36-18-13-21-39-43(36)34-16-6-9-19-37(34)48(39)38-20-10-7-17-35(38)44-40(48)26-25-33-32-15-8-11-22-42(32)50-46(33)44/h4-26,28H,1,27H2,2-3H3/b12-4-,14-5-. The molecule has 0 saturated carbocycles. The van der Waals surface area contributed by atoms with Gasteiger partial charge in [-0.2, -0.15) is 0 Å². The molecule has 3 aliphatic rings. The molecule has 0 amide bonds. The van der Waals surface area contributed by atoms with Crippen LogP contribution in [0.1, 0.15) is 69.6 Å². The third kappa shape index (κ3) is 3.71. The van der Waals surface area contributed by atoms with Crippen molar-refractivity contribution in [1.82, 2.24) is 0 Å². The van der Waals surface area contributed by atoms with Crippen molar-refractivity contribution in [2.45, 2.75) is 31.1 Å². The number of rotatable bonds is 2. The van der Waals surface area contributed by atoms with Crippen molar-refractivity contribution >= 4 is 33.3 Å². The molecule has 3 aliphatic carbocycles. The number of hydrogen-bond donors (Lipinski definition) is 0. The second kappa shape index (κ2) is 10.3. The zero-order valence-electron chi connectivity index (χ0n) is 28.1. The van der Waals surface area contributed by atoms with Crippen LogP contribution >= 0.6 is 0 Å². The topological polar surface area (TPSA) is 30.2 Å². The van der Waals surface area contributed by atoms with Crippen LogP contribution < -0.4 is 0 Å². The number of allylic oxidation sites excluding steroid dienone is 5. The highest BCUT2D eigenvalue weighted by Gasteiger charge is 2.53. The molecule has 0 radical (unpaired) electrons. The maximum absolute atomic E-state index is 14.9. The maximum Gasteiger partial charge on any atom is 0.193 e. The summed E-state index contributed by atoms with van der Waals surface area (Å²) in [4.78, 5) is 14.9. The van der Waals surface area contributed by atoms with Gasteiger partial charge in [-0.3, -0.25) is 4.79 Å². The quantitative estimate of drug-likeness (QED) is 0.176. The number of fused-ring (bicyclic) bond motifs is 15. The summed E-state index contributed by atoms with van der Waals surface area (Å²) in [6, 6.07) is 42.7. The van der Waals surface area contributed by atoms with Gasteiger partial charge in [-0.1, -0.05) is 154 Å². The van der Waals surface area contributed by atoms with Gasteiger partial charge in [-0.25, -0.2) is 0 Å². The third-order valence-electron chi connectivity index (χ3n) is 11.4. The van der Waals surface area contributed by atoms with Gasteiger partial charge in [0, 0.05) is 27.5 Å². The average Bonchev–Trinajstić information content (AvgIpc) is 3.78. The predicted molar refractivity (Wildman–Crippen MR) is 205 cm³/mol. The Morgan fingerprint density at radius 2 is 1.34 bits per heavy atom. The van der Waals surface area contributed by atoms with Gasteiger partial charge < -0.3 is 4.42 Å². The van der Waals surface area contributed by atoms with E-state index in [0.717, 1.165) is 72.9 Å². The number of furan rings is 1. The number of para-hydroxylation sites is 1. The minimum absolute atomic E-state index is 0.0307. The first kappa shape index (κ1) is 29.0. The third-order valence-corrected chi connectivity index (χ3v) is 11.4. The van der Waals surface area contributed by atoms with E-state index in [1.807, 2.05) is 30.3 Å². The molecular formula is C48H34O2. The van der Waals surface area contributed by atoms with E-state index in [1.54, 1.807) is 0 Å². The van der Waals surface area contributed by atoms with Crippen molar-refractivity contribution < 1.29 is 9.21 Å². The molecule has 1 atom stereocenters. The maximum atomic E-state index is 14.9. The molecule has 0 fully saturated rings. The van der Waals surface area contributed by atoms with Crippen LogP contribution in [0.2, 0.25) is 0 Å².